The van der Waals surface area contributed by atoms with Crippen LogP contribution in [0.25, 0.3) is 0 Å². The van der Waals surface area contributed by atoms with Crippen LogP contribution in [0.1, 0.15) is 44.2 Å². The van der Waals surface area contributed by atoms with Gasteiger partial charge in [-0.3, -0.25) is 0 Å². The molecule has 88 valence electrons. The predicted molar refractivity (Wildman–Crippen MR) is 69.8 cm³/mol. The lowest BCUT2D eigenvalue weighted by molar-refractivity contribution is 0.362. The quantitative estimate of drug-likeness (QED) is 0.763. The fourth-order valence-corrected chi connectivity index (χ4v) is 2.28. The van der Waals surface area contributed by atoms with E-state index in [-0.39, 0.29) is 0 Å². The highest BCUT2D eigenvalue weighted by Crippen LogP contribution is 2.34. The molecule has 1 aromatic rings. The molecule has 1 nitrogen and oxygen atoms in total. The summed E-state index contributed by atoms with van der Waals surface area (Å²) in [4.78, 5) is 0. The van der Waals surface area contributed by atoms with Gasteiger partial charge in [-0.25, -0.2) is 0 Å². The van der Waals surface area contributed by atoms with E-state index in [1.807, 2.05) is 0 Å². The van der Waals surface area contributed by atoms with Crippen LogP contribution < -0.4 is 5.32 Å². The molecule has 1 atom stereocenters. The van der Waals surface area contributed by atoms with E-state index < -0.39 is 0 Å². The van der Waals surface area contributed by atoms with E-state index in [0.717, 1.165) is 19.0 Å². The van der Waals surface area contributed by atoms with E-state index in [1.54, 1.807) is 11.1 Å². The topological polar surface area (TPSA) is 12.0 Å². The minimum Gasteiger partial charge on any atom is -0.316 e. The number of rotatable bonds is 4. The van der Waals surface area contributed by atoms with Gasteiger partial charge < -0.3 is 5.32 Å². The summed E-state index contributed by atoms with van der Waals surface area (Å²) >= 11 is 0. The standard InChI is InChI=1S/C15H23N/c1-15(2,3)8-9-16-11-13-10-12-6-4-5-7-14(12)13/h4-7,13,16H,8-11H2,1-3H3. The molecule has 0 fully saturated rings. The van der Waals surface area contributed by atoms with Gasteiger partial charge in [-0.15, -0.1) is 0 Å². The highest BCUT2D eigenvalue weighted by Gasteiger charge is 2.24. The lowest BCUT2D eigenvalue weighted by Gasteiger charge is -2.30. The second-order valence-corrected chi connectivity index (χ2v) is 6.11. The summed E-state index contributed by atoms with van der Waals surface area (Å²) in [6, 6.07) is 8.82. The van der Waals surface area contributed by atoms with E-state index in [9.17, 15) is 0 Å². The maximum Gasteiger partial charge on any atom is 0.00234 e. The molecule has 0 spiro atoms. The molecule has 1 N–H and O–H groups in total. The van der Waals surface area contributed by atoms with E-state index >= 15 is 0 Å². The van der Waals surface area contributed by atoms with Gasteiger partial charge in [0.15, 0.2) is 0 Å². The number of hydrogen-bond acceptors (Lipinski definition) is 1. The van der Waals surface area contributed by atoms with Crippen molar-refractivity contribution >= 4 is 0 Å². The fraction of sp³-hybridized carbons (Fsp3) is 0.600. The zero-order valence-corrected chi connectivity index (χ0v) is 10.7. The van der Waals surface area contributed by atoms with Crippen LogP contribution in [0.2, 0.25) is 0 Å². The summed E-state index contributed by atoms with van der Waals surface area (Å²) in [5.41, 5.74) is 3.56. The maximum atomic E-state index is 3.58. The second-order valence-electron chi connectivity index (χ2n) is 6.11. The second kappa shape index (κ2) is 4.58. The average Bonchev–Trinajstić information content (AvgIpc) is 2.17. The molecule has 1 aliphatic carbocycles. The molecule has 0 aromatic heterocycles. The molecule has 0 saturated carbocycles. The first-order valence-corrected chi connectivity index (χ1v) is 6.35. The zero-order chi connectivity index (χ0) is 11.6. The first-order chi connectivity index (χ1) is 7.56. The Labute approximate surface area is 99.3 Å². The molecule has 1 heteroatoms. The SMILES string of the molecule is CC(C)(C)CCNCC1Cc2ccccc21. The van der Waals surface area contributed by atoms with Gasteiger partial charge in [0.05, 0.1) is 0 Å². The Balaban J connectivity index is 1.70. The van der Waals surface area contributed by atoms with Crippen molar-refractivity contribution < 1.29 is 0 Å². The minimum atomic E-state index is 0.449. The highest BCUT2D eigenvalue weighted by atomic mass is 14.9. The molecule has 0 saturated heterocycles. The Bertz CT molecular complexity index is 349. The van der Waals surface area contributed by atoms with Crippen LogP contribution in [-0.2, 0) is 6.42 Å². The van der Waals surface area contributed by atoms with E-state index in [2.05, 4.69) is 50.4 Å². The first kappa shape index (κ1) is 11.7. The molecule has 1 unspecified atom stereocenters. The van der Waals surface area contributed by atoms with Gasteiger partial charge in [0.2, 0.25) is 0 Å². The smallest absolute Gasteiger partial charge is 0.00234 e. The minimum absolute atomic E-state index is 0.449. The molecule has 1 aliphatic rings. The molecule has 2 rings (SSSR count). The third-order valence-corrected chi connectivity index (χ3v) is 3.40. The molecule has 0 heterocycles. The summed E-state index contributed by atoms with van der Waals surface area (Å²) in [7, 11) is 0. The Morgan fingerprint density at radius 2 is 2.00 bits per heavy atom. The third kappa shape index (κ3) is 2.85. The monoisotopic (exact) mass is 217 g/mol. The zero-order valence-electron chi connectivity index (χ0n) is 10.7. The van der Waals surface area contributed by atoms with Crippen molar-refractivity contribution in [2.45, 2.75) is 39.5 Å². The Morgan fingerprint density at radius 1 is 1.25 bits per heavy atom. The molecule has 1 aromatic carbocycles. The summed E-state index contributed by atoms with van der Waals surface area (Å²) in [5, 5.41) is 3.58. The van der Waals surface area contributed by atoms with Crippen LogP contribution in [0.15, 0.2) is 24.3 Å². The fourth-order valence-electron chi connectivity index (χ4n) is 2.28. The molecule has 0 radical (unpaired) electrons. The summed E-state index contributed by atoms with van der Waals surface area (Å²) in [5.74, 6) is 0.760. The van der Waals surface area contributed by atoms with Gasteiger partial charge in [-0.05, 0) is 35.9 Å². The Morgan fingerprint density at radius 3 is 2.69 bits per heavy atom. The van der Waals surface area contributed by atoms with Crippen LogP contribution in [0.3, 0.4) is 0 Å². The summed E-state index contributed by atoms with van der Waals surface area (Å²) in [6.07, 6.45) is 2.51. The van der Waals surface area contributed by atoms with E-state index in [0.29, 0.717) is 5.41 Å². The molecule has 16 heavy (non-hydrogen) atoms. The molecular formula is C15H23N. The maximum absolute atomic E-state index is 3.58. The first-order valence-electron chi connectivity index (χ1n) is 6.35. The van der Waals surface area contributed by atoms with Crippen molar-refractivity contribution in [1.29, 1.82) is 0 Å². The van der Waals surface area contributed by atoms with Gasteiger partial charge in [-0.1, -0.05) is 45.0 Å². The van der Waals surface area contributed by atoms with Crippen LogP contribution in [-0.4, -0.2) is 13.1 Å². The van der Waals surface area contributed by atoms with Crippen molar-refractivity contribution in [3.63, 3.8) is 0 Å². The molecule has 0 aliphatic heterocycles. The van der Waals surface area contributed by atoms with Crippen molar-refractivity contribution in [3.05, 3.63) is 35.4 Å². The van der Waals surface area contributed by atoms with Gasteiger partial charge in [0, 0.05) is 12.5 Å². The van der Waals surface area contributed by atoms with E-state index in [1.165, 1.54) is 12.8 Å². The van der Waals surface area contributed by atoms with Gasteiger partial charge in [0.25, 0.3) is 0 Å². The summed E-state index contributed by atoms with van der Waals surface area (Å²) < 4.78 is 0. The lowest BCUT2D eigenvalue weighted by Crippen LogP contribution is -2.30. The van der Waals surface area contributed by atoms with E-state index in [4.69, 9.17) is 0 Å². The van der Waals surface area contributed by atoms with Crippen LogP contribution in [0.4, 0.5) is 0 Å². The van der Waals surface area contributed by atoms with Crippen molar-refractivity contribution in [3.8, 4) is 0 Å². The average molecular weight is 217 g/mol. The molecular weight excluding hydrogens is 194 g/mol. The Kier molecular flexibility index (Phi) is 3.34. The predicted octanol–water partition coefficient (Wildman–Crippen LogP) is 3.35. The largest absolute Gasteiger partial charge is 0.316 e. The Hall–Kier alpha value is -0.820. The number of hydrogen-bond donors (Lipinski definition) is 1. The lowest BCUT2D eigenvalue weighted by atomic mass is 9.77. The number of fused-ring (bicyclic) bond motifs is 1. The molecule has 0 bridgehead atoms. The van der Waals surface area contributed by atoms with Crippen LogP contribution in [0, 0.1) is 5.41 Å². The number of nitrogens with one attached hydrogen (secondary N) is 1. The van der Waals surface area contributed by atoms with Crippen LogP contribution in [0.5, 0.6) is 0 Å². The van der Waals surface area contributed by atoms with Gasteiger partial charge in [0.1, 0.15) is 0 Å². The van der Waals surface area contributed by atoms with Crippen LogP contribution >= 0.6 is 0 Å². The van der Waals surface area contributed by atoms with Crippen molar-refractivity contribution in [1.82, 2.24) is 5.32 Å². The van der Waals surface area contributed by atoms with Crippen molar-refractivity contribution in [2.75, 3.05) is 13.1 Å². The summed E-state index contributed by atoms with van der Waals surface area (Å²) in [6.45, 7) is 9.18. The van der Waals surface area contributed by atoms with Crippen molar-refractivity contribution in [2.24, 2.45) is 5.41 Å². The normalized spacial score (nSPS) is 19.1. The number of benzene rings is 1. The highest BCUT2D eigenvalue weighted by molar-refractivity contribution is 5.40. The van der Waals surface area contributed by atoms with Gasteiger partial charge >= 0.3 is 0 Å². The van der Waals surface area contributed by atoms with Gasteiger partial charge in [-0.2, -0.15) is 0 Å². The molecule has 0 amide bonds. The third-order valence-electron chi connectivity index (χ3n) is 3.40.